The van der Waals surface area contributed by atoms with Gasteiger partial charge in [0.25, 0.3) is 5.69 Å². The molecule has 0 spiro atoms. The van der Waals surface area contributed by atoms with Crippen LogP contribution in [0.2, 0.25) is 5.02 Å². The number of halogens is 1. The fourth-order valence-electron chi connectivity index (χ4n) is 2.11. The first-order valence-electron chi connectivity index (χ1n) is 7.51. The molecule has 25 heavy (non-hydrogen) atoms. The number of carbonyl (C=O) groups excluding carboxylic acids is 1. The van der Waals surface area contributed by atoms with Crippen molar-refractivity contribution in [1.82, 2.24) is 0 Å². The van der Waals surface area contributed by atoms with Gasteiger partial charge in [0, 0.05) is 18.2 Å². The van der Waals surface area contributed by atoms with Gasteiger partial charge < -0.3 is 14.8 Å². The summed E-state index contributed by atoms with van der Waals surface area (Å²) >= 11 is 5.73. The van der Waals surface area contributed by atoms with Gasteiger partial charge in [-0.25, -0.2) is 0 Å². The third kappa shape index (κ3) is 5.36. The zero-order chi connectivity index (χ0) is 18.2. The molecule has 0 radical (unpaired) electrons. The molecule has 0 bridgehead atoms. The normalized spacial score (nSPS) is 10.2. The van der Waals surface area contributed by atoms with Crippen LogP contribution in [0.1, 0.15) is 12.8 Å². The van der Waals surface area contributed by atoms with E-state index in [9.17, 15) is 14.9 Å². The average molecular weight is 365 g/mol. The maximum Gasteiger partial charge on any atom is 0.289 e. The Hall–Kier alpha value is -2.80. The lowest BCUT2D eigenvalue weighted by atomic mass is 10.2. The van der Waals surface area contributed by atoms with E-state index < -0.39 is 4.92 Å². The van der Waals surface area contributed by atoms with E-state index in [4.69, 9.17) is 21.1 Å². The Balaban J connectivity index is 1.81. The number of amides is 1. The number of nitrogens with zero attached hydrogens (tertiary/aromatic N) is 1. The number of carbonyl (C=O) groups is 1. The van der Waals surface area contributed by atoms with Gasteiger partial charge in [0.1, 0.15) is 5.02 Å². The molecule has 0 aliphatic rings. The van der Waals surface area contributed by atoms with E-state index in [1.807, 2.05) is 12.1 Å². The largest absolute Gasteiger partial charge is 0.493 e. The zero-order valence-electron chi connectivity index (χ0n) is 13.5. The number of nitrogens with one attached hydrogen (secondary N) is 1. The number of benzene rings is 2. The predicted octanol–water partition coefficient (Wildman–Crippen LogP) is 4.05. The number of para-hydroxylation sites is 2. The minimum Gasteiger partial charge on any atom is -0.493 e. The van der Waals surface area contributed by atoms with Crippen molar-refractivity contribution < 1.29 is 19.2 Å². The van der Waals surface area contributed by atoms with Crippen LogP contribution in [0.5, 0.6) is 11.5 Å². The molecule has 0 fully saturated rings. The zero-order valence-corrected chi connectivity index (χ0v) is 14.3. The monoisotopic (exact) mass is 364 g/mol. The smallest absolute Gasteiger partial charge is 0.289 e. The van der Waals surface area contributed by atoms with Gasteiger partial charge >= 0.3 is 0 Å². The summed E-state index contributed by atoms with van der Waals surface area (Å²) in [6, 6.07) is 11.4. The second kappa shape index (κ2) is 8.89. The number of nitro groups is 1. The van der Waals surface area contributed by atoms with Crippen molar-refractivity contribution in [3.05, 3.63) is 57.6 Å². The number of hydrogen-bond donors (Lipinski definition) is 1. The molecule has 0 atom stereocenters. The van der Waals surface area contributed by atoms with Crippen molar-refractivity contribution in [2.45, 2.75) is 12.8 Å². The molecule has 0 saturated heterocycles. The van der Waals surface area contributed by atoms with Crippen LogP contribution in [-0.2, 0) is 4.79 Å². The van der Waals surface area contributed by atoms with Gasteiger partial charge in [0.2, 0.25) is 5.91 Å². The van der Waals surface area contributed by atoms with Gasteiger partial charge in [-0.2, -0.15) is 0 Å². The summed E-state index contributed by atoms with van der Waals surface area (Å²) in [4.78, 5) is 22.2. The number of rotatable bonds is 8. The van der Waals surface area contributed by atoms with Crippen LogP contribution in [-0.4, -0.2) is 24.5 Å². The van der Waals surface area contributed by atoms with Crippen LogP contribution in [0.15, 0.2) is 42.5 Å². The molecule has 0 aliphatic heterocycles. The van der Waals surface area contributed by atoms with Gasteiger partial charge in [0.05, 0.1) is 18.6 Å². The summed E-state index contributed by atoms with van der Waals surface area (Å²) in [5.41, 5.74) is 0.0747. The summed E-state index contributed by atoms with van der Waals surface area (Å²) in [6.07, 6.45) is 0.700. The lowest BCUT2D eigenvalue weighted by Gasteiger charge is -2.10. The fraction of sp³-hybridized carbons (Fsp3) is 0.235. The van der Waals surface area contributed by atoms with Gasteiger partial charge in [-0.1, -0.05) is 23.7 Å². The molecular formula is C17H17ClN2O5. The second-order valence-corrected chi connectivity index (χ2v) is 5.48. The summed E-state index contributed by atoms with van der Waals surface area (Å²) < 4.78 is 10.8. The van der Waals surface area contributed by atoms with E-state index in [1.54, 1.807) is 19.2 Å². The van der Waals surface area contributed by atoms with E-state index in [0.29, 0.717) is 30.2 Å². The highest BCUT2D eigenvalue weighted by atomic mass is 35.5. The SMILES string of the molecule is COc1ccccc1OCCCC(=O)Nc1ccc(Cl)c([N+](=O)[O-])c1. The molecule has 8 heteroatoms. The lowest BCUT2D eigenvalue weighted by Crippen LogP contribution is -2.13. The molecule has 2 aromatic rings. The molecule has 132 valence electrons. The fourth-order valence-corrected chi connectivity index (χ4v) is 2.29. The summed E-state index contributed by atoms with van der Waals surface area (Å²) in [7, 11) is 1.56. The molecule has 0 heterocycles. The van der Waals surface area contributed by atoms with Crippen molar-refractivity contribution >= 4 is 28.9 Å². The number of hydrogen-bond acceptors (Lipinski definition) is 5. The summed E-state index contributed by atoms with van der Waals surface area (Å²) in [5, 5.41) is 13.5. The molecule has 0 saturated carbocycles. The van der Waals surface area contributed by atoms with Crippen LogP contribution in [0.4, 0.5) is 11.4 Å². The highest BCUT2D eigenvalue weighted by molar-refractivity contribution is 6.32. The Morgan fingerprint density at radius 1 is 1.24 bits per heavy atom. The topological polar surface area (TPSA) is 90.7 Å². The van der Waals surface area contributed by atoms with Crippen molar-refractivity contribution in [2.24, 2.45) is 0 Å². The van der Waals surface area contributed by atoms with Crippen molar-refractivity contribution in [3.8, 4) is 11.5 Å². The minimum absolute atomic E-state index is 0.0215. The molecule has 1 amide bonds. The van der Waals surface area contributed by atoms with Crippen LogP contribution in [0.3, 0.4) is 0 Å². The van der Waals surface area contributed by atoms with Crippen LogP contribution < -0.4 is 14.8 Å². The maximum atomic E-state index is 11.9. The number of nitro benzene ring substituents is 1. The second-order valence-electron chi connectivity index (χ2n) is 5.07. The minimum atomic E-state index is -0.598. The number of ether oxygens (including phenoxy) is 2. The van der Waals surface area contributed by atoms with E-state index >= 15 is 0 Å². The summed E-state index contributed by atoms with van der Waals surface area (Å²) in [5.74, 6) is 0.972. The molecule has 1 N–H and O–H groups in total. The highest BCUT2D eigenvalue weighted by Gasteiger charge is 2.14. The lowest BCUT2D eigenvalue weighted by molar-refractivity contribution is -0.384. The van der Waals surface area contributed by atoms with E-state index in [2.05, 4.69) is 5.32 Å². The van der Waals surface area contributed by atoms with Crippen molar-refractivity contribution in [3.63, 3.8) is 0 Å². The third-order valence-electron chi connectivity index (χ3n) is 3.30. The first-order valence-corrected chi connectivity index (χ1v) is 7.88. The molecular weight excluding hydrogens is 348 g/mol. The average Bonchev–Trinajstić information content (AvgIpc) is 2.60. The Morgan fingerprint density at radius 2 is 1.96 bits per heavy atom. The molecule has 0 aliphatic carbocycles. The van der Waals surface area contributed by atoms with Gasteiger partial charge in [-0.15, -0.1) is 0 Å². The predicted molar refractivity (Wildman–Crippen MR) is 94.5 cm³/mol. The molecule has 0 unspecified atom stereocenters. The Kier molecular flexibility index (Phi) is 6.59. The maximum absolute atomic E-state index is 11.9. The molecule has 7 nitrogen and oxygen atoms in total. The molecule has 2 rings (SSSR count). The number of anilines is 1. The highest BCUT2D eigenvalue weighted by Crippen LogP contribution is 2.28. The number of methoxy groups -OCH3 is 1. The first-order chi connectivity index (χ1) is 12.0. The Bertz CT molecular complexity index is 766. The van der Waals surface area contributed by atoms with Crippen LogP contribution in [0, 0.1) is 10.1 Å². The van der Waals surface area contributed by atoms with Crippen molar-refractivity contribution in [2.75, 3.05) is 19.0 Å². The van der Waals surface area contributed by atoms with Gasteiger partial charge in [-0.05, 0) is 30.7 Å². The van der Waals surface area contributed by atoms with Gasteiger partial charge in [0.15, 0.2) is 11.5 Å². The van der Waals surface area contributed by atoms with E-state index in [0.717, 1.165) is 0 Å². The Labute approximate surface area is 149 Å². The van der Waals surface area contributed by atoms with Crippen LogP contribution >= 0.6 is 11.6 Å². The standard InChI is InChI=1S/C17H17ClN2O5/c1-24-15-5-2-3-6-16(15)25-10-4-7-17(21)19-12-8-9-13(18)14(11-12)20(22)23/h2-3,5-6,8-9,11H,4,7,10H2,1H3,(H,19,21). The van der Waals surface area contributed by atoms with Gasteiger partial charge in [-0.3, -0.25) is 14.9 Å². The molecule has 0 aromatic heterocycles. The van der Waals surface area contributed by atoms with E-state index in [-0.39, 0.29) is 23.0 Å². The van der Waals surface area contributed by atoms with E-state index in [1.165, 1.54) is 18.2 Å². The Morgan fingerprint density at radius 3 is 2.64 bits per heavy atom. The first kappa shape index (κ1) is 18.5. The third-order valence-corrected chi connectivity index (χ3v) is 3.62. The van der Waals surface area contributed by atoms with Crippen LogP contribution in [0.25, 0.3) is 0 Å². The van der Waals surface area contributed by atoms with Crippen molar-refractivity contribution in [1.29, 1.82) is 0 Å². The molecule has 2 aromatic carbocycles. The summed E-state index contributed by atoms with van der Waals surface area (Å²) in [6.45, 7) is 0.342. The quantitative estimate of drug-likeness (QED) is 0.433.